The number of rotatable bonds is 7. The number of aromatic nitrogens is 1. The molecule has 1 aromatic heterocycles. The summed E-state index contributed by atoms with van der Waals surface area (Å²) in [6, 6.07) is 34.0. The van der Waals surface area contributed by atoms with Crippen LogP contribution in [0.15, 0.2) is 115 Å². The van der Waals surface area contributed by atoms with Gasteiger partial charge in [0.25, 0.3) is 5.91 Å². The van der Waals surface area contributed by atoms with Crippen molar-refractivity contribution in [3.05, 3.63) is 137 Å². The van der Waals surface area contributed by atoms with Crippen molar-refractivity contribution < 1.29 is 9.59 Å². The van der Waals surface area contributed by atoms with Crippen molar-refractivity contribution >= 4 is 23.0 Å². The second kappa shape index (κ2) is 10.3. The number of carbonyl (C=O) groups is 2. The van der Waals surface area contributed by atoms with E-state index in [-0.39, 0.29) is 11.7 Å². The molecule has 5 rings (SSSR count). The maximum absolute atomic E-state index is 13.0. The molecule has 4 nitrogen and oxygen atoms in total. The van der Waals surface area contributed by atoms with E-state index in [2.05, 4.69) is 10.7 Å². The van der Waals surface area contributed by atoms with Gasteiger partial charge in [0.1, 0.15) is 5.01 Å². The molecule has 0 aliphatic carbocycles. The first-order valence-corrected chi connectivity index (χ1v) is 12.1. The molecule has 4 aromatic carbocycles. The number of hydrogen-bond acceptors (Lipinski definition) is 4. The summed E-state index contributed by atoms with van der Waals surface area (Å²) in [5, 5.41) is 5.95. The van der Waals surface area contributed by atoms with E-state index in [9.17, 15) is 9.59 Å². The summed E-state index contributed by atoms with van der Waals surface area (Å²) < 4.78 is 0. The van der Waals surface area contributed by atoms with E-state index in [4.69, 9.17) is 4.98 Å². The van der Waals surface area contributed by atoms with Crippen LogP contribution in [0, 0.1) is 0 Å². The second-order valence-corrected chi connectivity index (χ2v) is 8.89. The van der Waals surface area contributed by atoms with Gasteiger partial charge in [0.15, 0.2) is 5.78 Å². The zero-order chi connectivity index (χ0) is 24.0. The van der Waals surface area contributed by atoms with Gasteiger partial charge < -0.3 is 5.32 Å². The molecule has 5 heteroatoms. The first kappa shape index (κ1) is 22.4. The smallest absolute Gasteiger partial charge is 0.252 e. The van der Waals surface area contributed by atoms with E-state index in [0.717, 1.165) is 27.4 Å². The molecule has 0 aliphatic heterocycles. The standard InChI is InChI=1S/C30H22N2O2S/c33-28(23-13-5-2-6-14-23)25-16-7-8-17-26(25)29(34)31-19-21-10-9-15-24(18-21)30-32-27(20-35-30)22-11-3-1-4-12-22/h1-18,20H,19H2,(H,31,34). The fourth-order valence-electron chi connectivity index (χ4n) is 3.86. The molecule has 0 unspecified atom stereocenters. The van der Waals surface area contributed by atoms with Crippen LogP contribution in [0.5, 0.6) is 0 Å². The van der Waals surface area contributed by atoms with Gasteiger partial charge >= 0.3 is 0 Å². The molecule has 170 valence electrons. The average Bonchev–Trinajstić information content (AvgIpc) is 3.43. The Balaban J connectivity index is 1.31. The SMILES string of the molecule is O=C(NCc1cccc(-c2nc(-c3ccccc3)cs2)c1)c1ccccc1C(=O)c1ccccc1. The average molecular weight is 475 g/mol. The summed E-state index contributed by atoms with van der Waals surface area (Å²) in [4.78, 5) is 30.8. The number of nitrogens with zero attached hydrogens (tertiary/aromatic N) is 1. The Hall–Kier alpha value is -4.35. The molecule has 0 atom stereocenters. The van der Waals surface area contributed by atoms with Crippen molar-refractivity contribution in [3.63, 3.8) is 0 Å². The Morgan fingerprint density at radius 3 is 2.14 bits per heavy atom. The van der Waals surface area contributed by atoms with Gasteiger partial charge in [-0.2, -0.15) is 0 Å². The van der Waals surface area contributed by atoms with Crippen LogP contribution >= 0.6 is 11.3 Å². The van der Waals surface area contributed by atoms with Gasteiger partial charge in [-0.05, 0) is 17.7 Å². The van der Waals surface area contributed by atoms with E-state index < -0.39 is 0 Å². The summed E-state index contributed by atoms with van der Waals surface area (Å²) in [6.07, 6.45) is 0. The minimum absolute atomic E-state index is 0.170. The number of amides is 1. The van der Waals surface area contributed by atoms with Crippen molar-refractivity contribution in [2.24, 2.45) is 0 Å². The highest BCUT2D eigenvalue weighted by Gasteiger charge is 2.18. The predicted molar refractivity (Wildman–Crippen MR) is 140 cm³/mol. The number of hydrogen-bond donors (Lipinski definition) is 1. The molecule has 0 fully saturated rings. The third kappa shape index (κ3) is 5.10. The third-order valence-electron chi connectivity index (χ3n) is 5.65. The van der Waals surface area contributed by atoms with E-state index in [1.165, 1.54) is 0 Å². The lowest BCUT2D eigenvalue weighted by Crippen LogP contribution is -2.25. The first-order chi connectivity index (χ1) is 17.2. The van der Waals surface area contributed by atoms with Gasteiger partial charge in [0.2, 0.25) is 0 Å². The van der Waals surface area contributed by atoms with Crippen LogP contribution in [-0.2, 0) is 6.54 Å². The highest BCUT2D eigenvalue weighted by molar-refractivity contribution is 7.13. The fraction of sp³-hybridized carbons (Fsp3) is 0.0333. The van der Waals surface area contributed by atoms with E-state index in [1.807, 2.05) is 72.8 Å². The quantitative estimate of drug-likeness (QED) is 0.269. The summed E-state index contributed by atoms with van der Waals surface area (Å²) in [5.74, 6) is -0.452. The second-order valence-electron chi connectivity index (χ2n) is 8.03. The van der Waals surface area contributed by atoms with Crippen molar-refractivity contribution in [1.82, 2.24) is 10.3 Å². The molecule has 0 spiro atoms. The number of benzene rings is 4. The molecule has 0 saturated heterocycles. The highest BCUT2D eigenvalue weighted by atomic mass is 32.1. The van der Waals surface area contributed by atoms with Crippen molar-refractivity contribution in [2.45, 2.75) is 6.54 Å². The number of thiazole rings is 1. The summed E-state index contributed by atoms with van der Waals surface area (Å²) in [7, 11) is 0. The Morgan fingerprint density at radius 1 is 0.714 bits per heavy atom. The number of carbonyl (C=O) groups excluding carboxylic acids is 2. The summed E-state index contributed by atoms with van der Waals surface area (Å²) in [6.45, 7) is 0.345. The van der Waals surface area contributed by atoms with Crippen LogP contribution in [0.1, 0.15) is 31.8 Å². The molecule has 1 heterocycles. The minimum Gasteiger partial charge on any atom is -0.348 e. The van der Waals surface area contributed by atoms with Gasteiger partial charge in [0, 0.05) is 34.2 Å². The molecule has 1 N–H and O–H groups in total. The van der Waals surface area contributed by atoms with Crippen LogP contribution in [0.3, 0.4) is 0 Å². The summed E-state index contributed by atoms with van der Waals surface area (Å²) >= 11 is 1.59. The molecule has 0 saturated carbocycles. The van der Waals surface area contributed by atoms with Crippen molar-refractivity contribution in [3.8, 4) is 21.8 Å². The van der Waals surface area contributed by atoms with Gasteiger partial charge in [-0.1, -0.05) is 97.1 Å². The molecule has 0 radical (unpaired) electrons. The largest absolute Gasteiger partial charge is 0.348 e. The Bertz CT molecular complexity index is 1480. The predicted octanol–water partition coefficient (Wildman–Crippen LogP) is 6.64. The van der Waals surface area contributed by atoms with Crippen LogP contribution < -0.4 is 5.32 Å². The van der Waals surface area contributed by atoms with E-state index in [1.54, 1.807) is 47.7 Å². The Labute approximate surface area is 207 Å². The van der Waals surface area contributed by atoms with Gasteiger partial charge in [-0.3, -0.25) is 9.59 Å². The number of ketones is 1. The maximum Gasteiger partial charge on any atom is 0.252 e. The zero-order valence-electron chi connectivity index (χ0n) is 18.8. The molecule has 0 bridgehead atoms. The minimum atomic E-state index is -0.282. The van der Waals surface area contributed by atoms with Gasteiger partial charge in [0.05, 0.1) is 11.3 Å². The lowest BCUT2D eigenvalue weighted by molar-refractivity contribution is 0.0939. The topological polar surface area (TPSA) is 59.1 Å². The molecule has 1 amide bonds. The van der Waals surface area contributed by atoms with Crippen LogP contribution in [-0.4, -0.2) is 16.7 Å². The first-order valence-electron chi connectivity index (χ1n) is 11.3. The number of nitrogens with one attached hydrogen (secondary N) is 1. The van der Waals surface area contributed by atoms with Crippen molar-refractivity contribution in [2.75, 3.05) is 0 Å². The maximum atomic E-state index is 13.0. The zero-order valence-corrected chi connectivity index (χ0v) is 19.7. The van der Waals surface area contributed by atoms with Crippen LogP contribution in [0.2, 0.25) is 0 Å². The van der Waals surface area contributed by atoms with E-state index in [0.29, 0.717) is 23.2 Å². The lowest BCUT2D eigenvalue weighted by atomic mass is 9.98. The van der Waals surface area contributed by atoms with E-state index >= 15 is 0 Å². The van der Waals surface area contributed by atoms with Gasteiger partial charge in [-0.25, -0.2) is 4.98 Å². The van der Waals surface area contributed by atoms with Crippen LogP contribution in [0.25, 0.3) is 21.8 Å². The van der Waals surface area contributed by atoms with Crippen molar-refractivity contribution in [1.29, 1.82) is 0 Å². The monoisotopic (exact) mass is 474 g/mol. The normalized spacial score (nSPS) is 10.6. The summed E-state index contributed by atoms with van der Waals surface area (Å²) in [5.41, 5.74) is 5.30. The lowest BCUT2D eigenvalue weighted by Gasteiger charge is -2.10. The molecule has 0 aliphatic rings. The molecular weight excluding hydrogens is 452 g/mol. The highest BCUT2D eigenvalue weighted by Crippen LogP contribution is 2.29. The molecular formula is C30H22N2O2S. The van der Waals surface area contributed by atoms with Crippen LogP contribution in [0.4, 0.5) is 0 Å². The Kier molecular flexibility index (Phi) is 6.59. The third-order valence-corrected chi connectivity index (χ3v) is 6.54. The molecule has 35 heavy (non-hydrogen) atoms. The van der Waals surface area contributed by atoms with Gasteiger partial charge in [-0.15, -0.1) is 11.3 Å². The molecule has 5 aromatic rings. The fourth-order valence-corrected chi connectivity index (χ4v) is 4.69. The Morgan fingerprint density at radius 2 is 1.37 bits per heavy atom.